The van der Waals surface area contributed by atoms with Crippen LogP contribution in [0.15, 0.2) is 17.2 Å². The predicted molar refractivity (Wildman–Crippen MR) is 92.0 cm³/mol. The number of hydrogen-bond donors (Lipinski definition) is 2. The number of thiophene rings is 1. The first-order valence-corrected chi connectivity index (χ1v) is 8.32. The van der Waals surface area contributed by atoms with Crippen molar-refractivity contribution in [3.8, 4) is 0 Å². The van der Waals surface area contributed by atoms with Crippen molar-refractivity contribution >= 4 is 39.9 Å². The molecule has 0 spiro atoms. The molecule has 4 nitrogen and oxygen atoms in total. The zero-order chi connectivity index (χ0) is 14.4. The molecule has 20 heavy (non-hydrogen) atoms. The lowest BCUT2D eigenvalue weighted by Gasteiger charge is -2.27. The van der Waals surface area contributed by atoms with Gasteiger partial charge in [-0.15, -0.1) is 11.3 Å². The van der Waals surface area contributed by atoms with Gasteiger partial charge in [0.05, 0.1) is 11.2 Å². The van der Waals surface area contributed by atoms with Crippen LogP contribution < -0.4 is 15.6 Å². The molecule has 0 radical (unpaired) electrons. The van der Waals surface area contributed by atoms with Crippen LogP contribution in [0.5, 0.6) is 0 Å². The molecule has 2 N–H and O–H groups in total. The second-order valence-corrected chi connectivity index (χ2v) is 6.72. The molecule has 1 aromatic rings. The normalized spacial score (nSPS) is 15.8. The van der Waals surface area contributed by atoms with Crippen LogP contribution >= 0.6 is 23.6 Å². The highest BCUT2D eigenvalue weighted by molar-refractivity contribution is 7.80. The van der Waals surface area contributed by atoms with E-state index < -0.39 is 0 Å². The first-order valence-electron chi connectivity index (χ1n) is 7.09. The maximum atomic E-state index is 5.11. The number of thiocarbonyl (C=S) groups is 1. The maximum Gasteiger partial charge on any atom is 0.187 e. The van der Waals surface area contributed by atoms with Gasteiger partial charge in [0.1, 0.15) is 0 Å². The highest BCUT2D eigenvalue weighted by Gasteiger charge is 2.12. The van der Waals surface area contributed by atoms with E-state index in [-0.39, 0.29) is 0 Å². The van der Waals surface area contributed by atoms with Gasteiger partial charge in [-0.3, -0.25) is 5.43 Å². The average molecular weight is 310 g/mol. The Hall–Kier alpha value is -1.14. The van der Waals surface area contributed by atoms with Crippen LogP contribution in [0.1, 0.15) is 38.0 Å². The SMILES string of the molecule is CC(C)NC(=S)N/N=C\c1ccc(N2CCCCC2)s1. The molecule has 1 aliphatic heterocycles. The van der Waals surface area contributed by atoms with E-state index >= 15 is 0 Å². The maximum absolute atomic E-state index is 5.11. The summed E-state index contributed by atoms with van der Waals surface area (Å²) in [6.07, 6.45) is 5.79. The van der Waals surface area contributed by atoms with Crippen molar-refractivity contribution in [3.63, 3.8) is 0 Å². The number of hydrazone groups is 1. The summed E-state index contributed by atoms with van der Waals surface area (Å²) in [4.78, 5) is 3.61. The molecule has 0 bridgehead atoms. The van der Waals surface area contributed by atoms with Gasteiger partial charge in [-0.25, -0.2) is 0 Å². The molecule has 1 aromatic heterocycles. The smallest absolute Gasteiger partial charge is 0.187 e. The lowest BCUT2D eigenvalue weighted by atomic mass is 10.1. The van der Waals surface area contributed by atoms with Crippen molar-refractivity contribution in [1.29, 1.82) is 0 Å². The molecule has 0 atom stereocenters. The van der Waals surface area contributed by atoms with Crippen LogP contribution in [0.4, 0.5) is 5.00 Å². The van der Waals surface area contributed by atoms with E-state index in [0.29, 0.717) is 11.2 Å². The molecule has 0 unspecified atom stereocenters. The first kappa shape index (κ1) is 15.3. The van der Waals surface area contributed by atoms with Crippen molar-refractivity contribution in [1.82, 2.24) is 10.7 Å². The molecule has 0 aliphatic carbocycles. The van der Waals surface area contributed by atoms with E-state index in [9.17, 15) is 0 Å². The molecule has 0 amide bonds. The lowest BCUT2D eigenvalue weighted by molar-refractivity contribution is 0.580. The summed E-state index contributed by atoms with van der Waals surface area (Å²) >= 11 is 6.89. The van der Waals surface area contributed by atoms with Crippen LogP contribution in [0.2, 0.25) is 0 Å². The Bertz CT molecular complexity index is 461. The molecular weight excluding hydrogens is 288 g/mol. The highest BCUT2D eigenvalue weighted by Crippen LogP contribution is 2.27. The Kier molecular flexibility index (Phi) is 5.79. The van der Waals surface area contributed by atoms with Crippen molar-refractivity contribution in [2.75, 3.05) is 18.0 Å². The third-order valence-corrected chi connectivity index (χ3v) is 4.35. The monoisotopic (exact) mass is 310 g/mol. The van der Waals surface area contributed by atoms with Gasteiger partial charge < -0.3 is 10.2 Å². The van der Waals surface area contributed by atoms with Gasteiger partial charge in [-0.2, -0.15) is 5.10 Å². The van der Waals surface area contributed by atoms with Crippen LogP contribution in [0, 0.1) is 0 Å². The van der Waals surface area contributed by atoms with E-state index in [1.54, 1.807) is 11.3 Å². The Morgan fingerprint density at radius 1 is 1.35 bits per heavy atom. The van der Waals surface area contributed by atoms with Crippen LogP contribution in [0.3, 0.4) is 0 Å². The van der Waals surface area contributed by atoms with Gasteiger partial charge >= 0.3 is 0 Å². The summed E-state index contributed by atoms with van der Waals surface area (Å²) in [5.74, 6) is 0. The Labute approximate surface area is 130 Å². The molecule has 0 aromatic carbocycles. The number of piperidine rings is 1. The standard InChI is InChI=1S/C14H22N4S2/c1-11(2)16-14(19)17-15-10-12-6-7-13(20-12)18-8-4-3-5-9-18/h6-7,10-11H,3-5,8-9H2,1-2H3,(H2,16,17,19)/b15-10-. The van der Waals surface area contributed by atoms with Crippen molar-refractivity contribution in [2.24, 2.45) is 5.10 Å². The van der Waals surface area contributed by atoms with Crippen LogP contribution in [-0.4, -0.2) is 30.5 Å². The zero-order valence-electron chi connectivity index (χ0n) is 12.1. The largest absolute Gasteiger partial charge is 0.363 e. The number of rotatable bonds is 4. The minimum Gasteiger partial charge on any atom is -0.363 e. The zero-order valence-corrected chi connectivity index (χ0v) is 13.7. The third kappa shape index (κ3) is 4.76. The summed E-state index contributed by atoms with van der Waals surface area (Å²) in [6, 6.07) is 4.61. The van der Waals surface area contributed by atoms with Crippen LogP contribution in [-0.2, 0) is 0 Å². The van der Waals surface area contributed by atoms with E-state index in [1.807, 2.05) is 20.1 Å². The quantitative estimate of drug-likeness (QED) is 0.509. The fourth-order valence-corrected chi connectivity index (χ4v) is 3.36. The average Bonchev–Trinajstić information content (AvgIpc) is 2.88. The molecular formula is C14H22N4S2. The third-order valence-electron chi connectivity index (χ3n) is 3.06. The fraction of sp³-hybridized carbons (Fsp3) is 0.571. The van der Waals surface area contributed by atoms with Crippen molar-refractivity contribution in [3.05, 3.63) is 17.0 Å². The lowest BCUT2D eigenvalue weighted by Crippen LogP contribution is -2.36. The van der Waals surface area contributed by atoms with Gasteiger partial charge in [0.15, 0.2) is 5.11 Å². The topological polar surface area (TPSA) is 39.7 Å². The molecule has 1 saturated heterocycles. The summed E-state index contributed by atoms with van der Waals surface area (Å²) in [5, 5.41) is 9.15. The first-order chi connectivity index (χ1) is 9.65. The van der Waals surface area contributed by atoms with Gasteiger partial charge in [0, 0.05) is 24.0 Å². The molecule has 6 heteroatoms. The summed E-state index contributed by atoms with van der Waals surface area (Å²) in [5.41, 5.74) is 2.83. The van der Waals surface area contributed by atoms with Gasteiger partial charge in [0.25, 0.3) is 0 Å². The number of anilines is 1. The number of nitrogens with zero attached hydrogens (tertiary/aromatic N) is 2. The molecule has 2 heterocycles. The second-order valence-electron chi connectivity index (χ2n) is 5.22. The minimum absolute atomic E-state index is 0.317. The van der Waals surface area contributed by atoms with Crippen molar-refractivity contribution in [2.45, 2.75) is 39.2 Å². The molecule has 0 saturated carbocycles. The fourth-order valence-electron chi connectivity index (χ4n) is 2.14. The summed E-state index contributed by atoms with van der Waals surface area (Å²) in [6.45, 7) is 6.44. The number of hydrogen-bond acceptors (Lipinski definition) is 4. The molecule has 1 fully saturated rings. The second kappa shape index (κ2) is 7.59. The van der Waals surface area contributed by atoms with E-state index in [1.165, 1.54) is 37.4 Å². The van der Waals surface area contributed by atoms with E-state index in [2.05, 4.69) is 32.9 Å². The van der Waals surface area contributed by atoms with Gasteiger partial charge in [0.2, 0.25) is 0 Å². The summed E-state index contributed by atoms with van der Waals surface area (Å²) < 4.78 is 0. The van der Waals surface area contributed by atoms with E-state index in [4.69, 9.17) is 12.2 Å². The van der Waals surface area contributed by atoms with Gasteiger partial charge in [-0.1, -0.05) is 0 Å². The molecule has 110 valence electrons. The number of nitrogens with one attached hydrogen (secondary N) is 2. The van der Waals surface area contributed by atoms with Gasteiger partial charge in [-0.05, 0) is 57.5 Å². The van der Waals surface area contributed by atoms with Crippen LogP contribution in [0.25, 0.3) is 0 Å². The van der Waals surface area contributed by atoms with E-state index in [0.717, 1.165) is 4.88 Å². The molecule has 2 rings (SSSR count). The Balaban J connectivity index is 1.84. The summed E-state index contributed by atoms with van der Waals surface area (Å²) in [7, 11) is 0. The molecule has 1 aliphatic rings. The van der Waals surface area contributed by atoms with Crippen molar-refractivity contribution < 1.29 is 0 Å². The predicted octanol–water partition coefficient (Wildman–Crippen LogP) is 2.94. The Morgan fingerprint density at radius 2 is 2.10 bits per heavy atom. The Morgan fingerprint density at radius 3 is 2.80 bits per heavy atom. The minimum atomic E-state index is 0.317. The highest BCUT2D eigenvalue weighted by atomic mass is 32.1.